The van der Waals surface area contributed by atoms with Crippen LogP contribution in [-0.2, 0) is 19.4 Å². The number of methoxy groups -OCH3 is 1. The molecule has 0 unspecified atom stereocenters. The Morgan fingerprint density at radius 2 is 2.14 bits per heavy atom. The minimum absolute atomic E-state index is 0.0479. The molecule has 2 saturated heterocycles. The molecule has 3 amide bonds. The number of thioether (sulfide) groups is 1. The molecule has 8 nitrogen and oxygen atoms in total. The van der Waals surface area contributed by atoms with Crippen molar-refractivity contribution in [3.8, 4) is 5.75 Å². The number of nitrogens with zero attached hydrogens (tertiary/aromatic N) is 2. The Kier molecular flexibility index (Phi) is 6.33. The van der Waals surface area contributed by atoms with E-state index in [-0.39, 0.29) is 16.4 Å². The number of ether oxygens (including phenoxy) is 1. The molecule has 2 fully saturated rings. The second-order valence-electron chi connectivity index (χ2n) is 6.78. The zero-order valence-corrected chi connectivity index (χ0v) is 17.8. The van der Waals surface area contributed by atoms with Crippen molar-refractivity contribution in [3.05, 3.63) is 34.7 Å². The molecule has 156 valence electrons. The zero-order valence-electron chi connectivity index (χ0n) is 16.2. The number of benzene rings is 1. The van der Waals surface area contributed by atoms with E-state index in [1.165, 1.54) is 12.0 Å². The highest BCUT2D eigenvalue weighted by molar-refractivity contribution is 8.18. The van der Waals surface area contributed by atoms with Crippen LogP contribution in [0, 0.1) is 0 Å². The minimum atomic E-state index is -3.15. The molecule has 0 aromatic heterocycles. The molecule has 0 saturated carbocycles. The van der Waals surface area contributed by atoms with Gasteiger partial charge in [0.25, 0.3) is 11.1 Å². The second-order valence-corrected chi connectivity index (χ2v) is 10.0. The summed E-state index contributed by atoms with van der Waals surface area (Å²) >= 11 is 0.774. The van der Waals surface area contributed by atoms with Crippen LogP contribution in [0.2, 0.25) is 0 Å². The van der Waals surface area contributed by atoms with E-state index < -0.39 is 39.5 Å². The first-order valence-corrected chi connectivity index (χ1v) is 11.8. The summed E-state index contributed by atoms with van der Waals surface area (Å²) in [5.74, 6) is -0.375. The number of rotatable bonds is 6. The Hall–Kier alpha value is -2.33. The normalized spacial score (nSPS) is 22.3. The number of carbonyl (C=O) groups is 3. The molecule has 29 heavy (non-hydrogen) atoms. The molecule has 1 aromatic rings. The van der Waals surface area contributed by atoms with E-state index in [1.54, 1.807) is 37.3 Å². The van der Waals surface area contributed by atoms with Crippen molar-refractivity contribution < 1.29 is 27.5 Å². The number of hydrogen-bond donors (Lipinski definition) is 0. The molecule has 0 bridgehead atoms. The van der Waals surface area contributed by atoms with E-state index in [4.69, 9.17) is 4.74 Å². The first kappa shape index (κ1) is 21.4. The standard InChI is InChI=1S/C19H22N2O6S2/c1-3-20(14-7-8-29(25,26)12-14)17(22)11-21-18(23)16(28-19(21)24)10-13-5-4-6-15(9-13)27-2/h4-6,9-10,14H,3,7-8,11-12H2,1-2H3/b16-10+/t14-/m0/s1. The molecule has 0 aliphatic carbocycles. The maximum Gasteiger partial charge on any atom is 0.294 e. The maximum absolute atomic E-state index is 12.7. The van der Waals surface area contributed by atoms with Crippen molar-refractivity contribution in [1.82, 2.24) is 9.80 Å². The van der Waals surface area contributed by atoms with Crippen molar-refractivity contribution in [2.45, 2.75) is 19.4 Å². The first-order chi connectivity index (χ1) is 13.7. The fraction of sp³-hybridized carbons (Fsp3) is 0.421. The minimum Gasteiger partial charge on any atom is -0.497 e. The van der Waals surface area contributed by atoms with E-state index in [1.807, 2.05) is 0 Å². The van der Waals surface area contributed by atoms with E-state index in [0.29, 0.717) is 24.3 Å². The van der Waals surface area contributed by atoms with Gasteiger partial charge in [-0.25, -0.2) is 8.42 Å². The van der Waals surface area contributed by atoms with Crippen molar-refractivity contribution in [2.24, 2.45) is 0 Å². The van der Waals surface area contributed by atoms with Gasteiger partial charge in [-0.3, -0.25) is 19.3 Å². The molecule has 2 heterocycles. The molecule has 2 aliphatic heterocycles. The van der Waals surface area contributed by atoms with Gasteiger partial charge in [-0.15, -0.1) is 0 Å². The van der Waals surface area contributed by atoms with E-state index in [2.05, 4.69) is 0 Å². The summed E-state index contributed by atoms with van der Waals surface area (Å²) in [6.07, 6.45) is 1.96. The van der Waals surface area contributed by atoms with Gasteiger partial charge in [-0.1, -0.05) is 12.1 Å². The third kappa shape index (κ3) is 4.81. The van der Waals surface area contributed by atoms with Crippen LogP contribution >= 0.6 is 11.8 Å². The number of sulfone groups is 1. The number of likely N-dealkylation sites (N-methyl/N-ethyl adjacent to an activating group) is 1. The summed E-state index contributed by atoms with van der Waals surface area (Å²) in [7, 11) is -1.61. The van der Waals surface area contributed by atoms with Crippen molar-refractivity contribution in [1.29, 1.82) is 0 Å². The van der Waals surface area contributed by atoms with Crippen LogP contribution in [-0.4, -0.2) is 73.0 Å². The van der Waals surface area contributed by atoms with Crippen molar-refractivity contribution >= 4 is 44.7 Å². The third-order valence-electron chi connectivity index (χ3n) is 4.87. The van der Waals surface area contributed by atoms with Gasteiger partial charge in [0.05, 0.1) is 23.5 Å². The molecule has 2 aliphatic rings. The lowest BCUT2D eigenvalue weighted by Crippen LogP contribution is -2.47. The third-order valence-corrected chi connectivity index (χ3v) is 7.53. The molecule has 0 spiro atoms. The molecule has 0 radical (unpaired) electrons. The molecule has 1 aromatic carbocycles. The smallest absolute Gasteiger partial charge is 0.294 e. The lowest BCUT2D eigenvalue weighted by molar-refractivity contribution is -0.137. The predicted octanol–water partition coefficient (Wildman–Crippen LogP) is 1.77. The summed E-state index contributed by atoms with van der Waals surface area (Å²) in [5.41, 5.74) is 0.701. The largest absolute Gasteiger partial charge is 0.497 e. The van der Waals surface area contributed by atoms with Crippen LogP contribution in [0.4, 0.5) is 4.79 Å². The van der Waals surface area contributed by atoms with Crippen molar-refractivity contribution in [2.75, 3.05) is 31.7 Å². The molecule has 3 rings (SSSR count). The highest BCUT2D eigenvalue weighted by Crippen LogP contribution is 2.32. The number of imide groups is 1. The topological polar surface area (TPSA) is 101 Å². The lowest BCUT2D eigenvalue weighted by atomic mass is 10.2. The quantitative estimate of drug-likeness (QED) is 0.624. The first-order valence-electron chi connectivity index (χ1n) is 9.13. The predicted molar refractivity (Wildman–Crippen MR) is 110 cm³/mol. The van der Waals surface area contributed by atoms with Crippen molar-refractivity contribution in [3.63, 3.8) is 0 Å². The van der Waals surface area contributed by atoms with Crippen LogP contribution in [0.3, 0.4) is 0 Å². The number of amides is 3. The van der Waals surface area contributed by atoms with Crippen LogP contribution < -0.4 is 4.74 Å². The van der Waals surface area contributed by atoms with Gasteiger partial charge >= 0.3 is 0 Å². The average Bonchev–Trinajstić information content (AvgIpc) is 3.16. The molecular weight excluding hydrogens is 416 g/mol. The zero-order chi connectivity index (χ0) is 21.2. The number of hydrogen-bond acceptors (Lipinski definition) is 7. The average molecular weight is 439 g/mol. The lowest BCUT2D eigenvalue weighted by Gasteiger charge is -2.28. The SMILES string of the molecule is CCN(C(=O)CN1C(=O)S/C(=C/c2cccc(OC)c2)C1=O)[C@H]1CCS(=O)(=O)C1. The molecule has 0 N–H and O–H groups in total. The Labute approximate surface area is 173 Å². The Balaban J connectivity index is 1.72. The molecule has 1 atom stereocenters. The summed E-state index contributed by atoms with van der Waals surface area (Å²) in [6.45, 7) is 1.67. The summed E-state index contributed by atoms with van der Waals surface area (Å²) < 4.78 is 28.6. The number of carbonyl (C=O) groups excluding carboxylic acids is 3. The second kappa shape index (κ2) is 8.58. The molecule has 10 heteroatoms. The summed E-state index contributed by atoms with van der Waals surface area (Å²) in [4.78, 5) is 40.3. The Morgan fingerprint density at radius 3 is 2.76 bits per heavy atom. The maximum atomic E-state index is 12.7. The van der Waals surface area contributed by atoms with Crippen LogP contribution in [0.15, 0.2) is 29.2 Å². The van der Waals surface area contributed by atoms with E-state index in [0.717, 1.165) is 16.7 Å². The summed E-state index contributed by atoms with van der Waals surface area (Å²) in [5, 5.41) is -0.521. The monoisotopic (exact) mass is 438 g/mol. The van der Waals surface area contributed by atoms with Gasteiger partial charge in [0.15, 0.2) is 9.84 Å². The summed E-state index contributed by atoms with van der Waals surface area (Å²) in [6, 6.07) is 6.64. The van der Waals surface area contributed by atoms with Gasteiger partial charge in [0.2, 0.25) is 5.91 Å². The fourth-order valence-corrected chi connectivity index (χ4v) is 5.97. The van der Waals surface area contributed by atoms with E-state index >= 15 is 0 Å². The Morgan fingerprint density at radius 1 is 1.38 bits per heavy atom. The van der Waals surface area contributed by atoms with Crippen LogP contribution in [0.1, 0.15) is 18.9 Å². The highest BCUT2D eigenvalue weighted by atomic mass is 32.2. The van der Waals surface area contributed by atoms with Gasteiger partial charge in [-0.05, 0) is 48.9 Å². The molecular formula is C19H22N2O6S2. The Bertz CT molecular complexity index is 973. The van der Waals surface area contributed by atoms with Crippen LogP contribution in [0.25, 0.3) is 6.08 Å². The van der Waals surface area contributed by atoms with Gasteiger partial charge in [0.1, 0.15) is 12.3 Å². The highest BCUT2D eigenvalue weighted by Gasteiger charge is 2.39. The van der Waals surface area contributed by atoms with Crippen LogP contribution in [0.5, 0.6) is 5.75 Å². The van der Waals surface area contributed by atoms with Gasteiger partial charge in [-0.2, -0.15) is 0 Å². The van der Waals surface area contributed by atoms with Gasteiger partial charge in [0, 0.05) is 12.6 Å². The van der Waals surface area contributed by atoms with E-state index in [9.17, 15) is 22.8 Å². The van der Waals surface area contributed by atoms with Gasteiger partial charge < -0.3 is 9.64 Å². The fourth-order valence-electron chi connectivity index (χ4n) is 3.40.